The fourth-order valence-corrected chi connectivity index (χ4v) is 1.95. The topological polar surface area (TPSA) is 35.8 Å². The van der Waals surface area contributed by atoms with E-state index in [0.29, 0.717) is 0 Å². The van der Waals surface area contributed by atoms with Crippen LogP contribution >= 0.6 is 0 Å². The van der Waals surface area contributed by atoms with Gasteiger partial charge in [-0.3, -0.25) is 0 Å². The molecule has 0 saturated heterocycles. The molecule has 0 bridgehead atoms. The second-order valence-corrected chi connectivity index (χ2v) is 4.90. The first-order chi connectivity index (χ1) is 7.42. The van der Waals surface area contributed by atoms with Gasteiger partial charge < -0.3 is 5.32 Å². The molecular weight excluding hydrogens is 196 g/mol. The highest BCUT2D eigenvalue weighted by molar-refractivity contribution is 5.33. The van der Waals surface area contributed by atoms with Gasteiger partial charge in [-0.05, 0) is 51.4 Å². The van der Waals surface area contributed by atoms with Crippen molar-refractivity contribution >= 4 is 0 Å². The van der Waals surface area contributed by atoms with Crippen LogP contribution in [0.5, 0.6) is 0 Å². The molecule has 0 heterocycles. The highest BCUT2D eigenvalue weighted by atomic mass is 14.9. The Bertz CT molecular complexity index is 413. The molecule has 0 aromatic heterocycles. The zero-order valence-corrected chi connectivity index (χ0v) is 10.8. The summed E-state index contributed by atoms with van der Waals surface area (Å²) in [5.41, 5.74) is 3.33. The molecule has 1 aromatic carbocycles. The largest absolute Gasteiger partial charge is 0.312 e. The van der Waals surface area contributed by atoms with E-state index in [1.165, 1.54) is 16.7 Å². The van der Waals surface area contributed by atoms with Gasteiger partial charge in [-0.2, -0.15) is 5.26 Å². The number of hydrogen-bond acceptors (Lipinski definition) is 2. The predicted molar refractivity (Wildman–Crippen MR) is 67.1 cm³/mol. The molecule has 0 fully saturated rings. The minimum atomic E-state index is -0.406. The van der Waals surface area contributed by atoms with Crippen molar-refractivity contribution in [2.75, 3.05) is 7.05 Å². The molecule has 16 heavy (non-hydrogen) atoms. The maximum Gasteiger partial charge on any atom is 0.0712 e. The molecule has 0 spiro atoms. The Kier molecular flexibility index (Phi) is 3.72. The van der Waals surface area contributed by atoms with Crippen molar-refractivity contribution in [3.8, 4) is 6.07 Å². The minimum Gasteiger partial charge on any atom is -0.312 e. The van der Waals surface area contributed by atoms with Gasteiger partial charge in [0.2, 0.25) is 0 Å². The average molecular weight is 216 g/mol. The summed E-state index contributed by atoms with van der Waals surface area (Å²) in [6, 6.07) is 8.80. The SMILES string of the molecule is CNC(c1ccc(C)c(C)c1)C(C)(C)C#N. The third-order valence-corrected chi connectivity index (χ3v) is 3.16. The molecule has 2 heteroatoms. The first kappa shape index (κ1) is 12.7. The van der Waals surface area contributed by atoms with Gasteiger partial charge in [0.25, 0.3) is 0 Å². The van der Waals surface area contributed by atoms with Crippen molar-refractivity contribution in [2.45, 2.75) is 33.7 Å². The molecule has 0 radical (unpaired) electrons. The summed E-state index contributed by atoms with van der Waals surface area (Å²) in [5, 5.41) is 12.4. The van der Waals surface area contributed by atoms with Crippen molar-refractivity contribution in [1.29, 1.82) is 5.26 Å². The van der Waals surface area contributed by atoms with Crippen LogP contribution in [0.3, 0.4) is 0 Å². The first-order valence-electron chi connectivity index (χ1n) is 5.58. The fraction of sp³-hybridized carbons (Fsp3) is 0.500. The second kappa shape index (κ2) is 4.67. The Balaban J connectivity index is 3.15. The monoisotopic (exact) mass is 216 g/mol. The van der Waals surface area contributed by atoms with E-state index >= 15 is 0 Å². The summed E-state index contributed by atoms with van der Waals surface area (Å²) in [7, 11) is 1.90. The summed E-state index contributed by atoms with van der Waals surface area (Å²) in [5.74, 6) is 0. The number of nitrogens with zero attached hydrogens (tertiary/aromatic N) is 1. The van der Waals surface area contributed by atoms with Gasteiger partial charge in [-0.25, -0.2) is 0 Å². The Morgan fingerprint density at radius 1 is 1.25 bits per heavy atom. The molecule has 0 amide bonds. The van der Waals surface area contributed by atoms with Crippen LogP contribution in [0.25, 0.3) is 0 Å². The molecule has 2 nitrogen and oxygen atoms in total. The van der Waals surface area contributed by atoms with Crippen LogP contribution in [0.2, 0.25) is 0 Å². The van der Waals surface area contributed by atoms with Crippen LogP contribution in [0, 0.1) is 30.6 Å². The summed E-state index contributed by atoms with van der Waals surface area (Å²) in [6.45, 7) is 8.13. The van der Waals surface area contributed by atoms with Crippen LogP contribution in [0.15, 0.2) is 18.2 Å². The van der Waals surface area contributed by atoms with Crippen LogP contribution in [-0.4, -0.2) is 7.05 Å². The third kappa shape index (κ3) is 2.43. The normalized spacial score (nSPS) is 13.2. The zero-order valence-electron chi connectivity index (χ0n) is 10.8. The smallest absolute Gasteiger partial charge is 0.0712 e. The molecule has 1 rings (SSSR count). The molecule has 0 aliphatic heterocycles. The predicted octanol–water partition coefficient (Wildman–Crippen LogP) is 3.11. The lowest BCUT2D eigenvalue weighted by atomic mass is 9.81. The fourth-order valence-electron chi connectivity index (χ4n) is 1.95. The Morgan fingerprint density at radius 2 is 1.88 bits per heavy atom. The lowest BCUT2D eigenvalue weighted by Crippen LogP contribution is -2.30. The Hall–Kier alpha value is -1.33. The number of aryl methyl sites for hydroxylation is 2. The van der Waals surface area contributed by atoms with Crippen LogP contribution in [0.1, 0.15) is 36.6 Å². The van der Waals surface area contributed by atoms with Crippen LogP contribution in [0.4, 0.5) is 0 Å². The molecule has 1 N–H and O–H groups in total. The van der Waals surface area contributed by atoms with Gasteiger partial charge >= 0.3 is 0 Å². The van der Waals surface area contributed by atoms with Crippen LogP contribution < -0.4 is 5.32 Å². The highest BCUT2D eigenvalue weighted by Gasteiger charge is 2.29. The molecule has 86 valence electrons. The number of benzene rings is 1. The molecular formula is C14H20N2. The average Bonchev–Trinajstić information content (AvgIpc) is 2.24. The molecule has 0 aliphatic carbocycles. The number of nitriles is 1. The number of hydrogen-bond donors (Lipinski definition) is 1. The lowest BCUT2D eigenvalue weighted by Gasteiger charge is -2.28. The lowest BCUT2D eigenvalue weighted by molar-refractivity contribution is 0.344. The van der Waals surface area contributed by atoms with E-state index in [0.717, 1.165) is 0 Å². The van der Waals surface area contributed by atoms with E-state index in [9.17, 15) is 5.26 Å². The van der Waals surface area contributed by atoms with Crippen molar-refractivity contribution in [1.82, 2.24) is 5.32 Å². The van der Waals surface area contributed by atoms with Crippen molar-refractivity contribution in [3.63, 3.8) is 0 Å². The van der Waals surface area contributed by atoms with E-state index in [4.69, 9.17) is 0 Å². The van der Waals surface area contributed by atoms with Crippen LogP contribution in [-0.2, 0) is 0 Å². The minimum absolute atomic E-state index is 0.0665. The van der Waals surface area contributed by atoms with Gasteiger partial charge in [-0.1, -0.05) is 18.2 Å². The maximum atomic E-state index is 9.19. The molecule has 0 aliphatic rings. The number of rotatable bonds is 3. The highest BCUT2D eigenvalue weighted by Crippen LogP contribution is 2.32. The van der Waals surface area contributed by atoms with Gasteiger partial charge in [0.15, 0.2) is 0 Å². The van der Waals surface area contributed by atoms with Gasteiger partial charge in [-0.15, -0.1) is 0 Å². The van der Waals surface area contributed by atoms with E-state index in [-0.39, 0.29) is 6.04 Å². The molecule has 1 aromatic rings. The zero-order chi connectivity index (χ0) is 12.3. The van der Waals surface area contributed by atoms with Crippen molar-refractivity contribution in [2.24, 2.45) is 5.41 Å². The van der Waals surface area contributed by atoms with E-state index in [1.54, 1.807) is 0 Å². The van der Waals surface area contributed by atoms with E-state index in [1.807, 2.05) is 20.9 Å². The van der Waals surface area contributed by atoms with Crippen molar-refractivity contribution < 1.29 is 0 Å². The molecule has 1 atom stereocenters. The summed E-state index contributed by atoms with van der Waals surface area (Å²) in [4.78, 5) is 0. The van der Waals surface area contributed by atoms with Gasteiger partial charge in [0, 0.05) is 0 Å². The van der Waals surface area contributed by atoms with Gasteiger partial charge in [0.05, 0.1) is 17.5 Å². The molecule has 1 unspecified atom stereocenters. The summed E-state index contributed by atoms with van der Waals surface area (Å²) < 4.78 is 0. The Labute approximate surface area is 98.3 Å². The standard InChI is InChI=1S/C14H20N2/c1-10-6-7-12(8-11(10)2)13(16-5)14(3,4)9-15/h6-8,13,16H,1-5H3. The maximum absolute atomic E-state index is 9.19. The molecule has 0 saturated carbocycles. The second-order valence-electron chi connectivity index (χ2n) is 4.90. The van der Waals surface area contributed by atoms with E-state index < -0.39 is 5.41 Å². The first-order valence-corrected chi connectivity index (χ1v) is 5.58. The van der Waals surface area contributed by atoms with E-state index in [2.05, 4.69) is 43.4 Å². The summed E-state index contributed by atoms with van der Waals surface area (Å²) >= 11 is 0. The number of nitrogens with one attached hydrogen (secondary N) is 1. The summed E-state index contributed by atoms with van der Waals surface area (Å²) in [6.07, 6.45) is 0. The Morgan fingerprint density at radius 3 is 2.31 bits per heavy atom. The quantitative estimate of drug-likeness (QED) is 0.842. The van der Waals surface area contributed by atoms with Gasteiger partial charge in [0.1, 0.15) is 0 Å². The van der Waals surface area contributed by atoms with Crippen molar-refractivity contribution in [3.05, 3.63) is 34.9 Å². The third-order valence-electron chi connectivity index (χ3n) is 3.16.